The van der Waals surface area contributed by atoms with Crippen molar-refractivity contribution >= 4 is 0 Å². The molecule has 0 spiro atoms. The van der Waals surface area contributed by atoms with E-state index in [0.717, 1.165) is 36.7 Å². The van der Waals surface area contributed by atoms with Crippen LogP contribution in [0.3, 0.4) is 0 Å². The lowest BCUT2D eigenvalue weighted by atomic mass is 10.0. The molecule has 1 saturated carbocycles. The van der Waals surface area contributed by atoms with Gasteiger partial charge in [0.1, 0.15) is 5.75 Å². The smallest absolute Gasteiger partial charge is 0.259 e. The second-order valence-corrected chi connectivity index (χ2v) is 8.04. The Morgan fingerprint density at radius 1 is 1.03 bits per heavy atom. The first-order valence-electron chi connectivity index (χ1n) is 10.5. The van der Waals surface area contributed by atoms with Crippen LogP contribution in [0, 0.1) is 6.92 Å². The summed E-state index contributed by atoms with van der Waals surface area (Å²) in [6.45, 7) is 4.12. The van der Waals surface area contributed by atoms with Gasteiger partial charge < -0.3 is 9.26 Å². The SMILES string of the molecule is Cc1noc(-c2ccc(Oc3ccc4c(c3)CCN(C3CCCC3)CC4)nc2)n1. The Bertz CT molecular complexity index is 977. The van der Waals surface area contributed by atoms with Crippen molar-refractivity contribution in [3.05, 3.63) is 53.5 Å². The monoisotopic (exact) mass is 390 g/mol. The normalized spacial score (nSPS) is 17.8. The van der Waals surface area contributed by atoms with Crippen LogP contribution in [-0.4, -0.2) is 39.2 Å². The average Bonchev–Trinajstić information content (AvgIpc) is 3.38. The van der Waals surface area contributed by atoms with E-state index < -0.39 is 0 Å². The Labute approximate surface area is 170 Å². The van der Waals surface area contributed by atoms with Crippen LogP contribution in [0.15, 0.2) is 41.1 Å². The first kappa shape index (κ1) is 18.3. The minimum atomic E-state index is 0.471. The third kappa shape index (κ3) is 4.03. The molecule has 6 heteroatoms. The quantitative estimate of drug-likeness (QED) is 0.650. The maximum atomic E-state index is 6.02. The van der Waals surface area contributed by atoms with Crippen molar-refractivity contribution in [1.82, 2.24) is 20.0 Å². The van der Waals surface area contributed by atoms with Crippen LogP contribution in [0.4, 0.5) is 0 Å². The molecule has 150 valence electrons. The van der Waals surface area contributed by atoms with Gasteiger partial charge in [-0.15, -0.1) is 0 Å². The van der Waals surface area contributed by atoms with E-state index in [1.807, 2.05) is 12.1 Å². The molecule has 3 aromatic rings. The predicted molar refractivity (Wildman–Crippen MR) is 110 cm³/mol. The maximum Gasteiger partial charge on any atom is 0.259 e. The summed E-state index contributed by atoms with van der Waals surface area (Å²) in [5.41, 5.74) is 3.64. The van der Waals surface area contributed by atoms with E-state index in [0.29, 0.717) is 17.6 Å². The zero-order valence-electron chi connectivity index (χ0n) is 16.8. The zero-order chi connectivity index (χ0) is 19.6. The Morgan fingerprint density at radius 2 is 1.86 bits per heavy atom. The van der Waals surface area contributed by atoms with E-state index in [1.54, 1.807) is 13.1 Å². The van der Waals surface area contributed by atoms with Gasteiger partial charge in [0, 0.05) is 31.4 Å². The summed E-state index contributed by atoms with van der Waals surface area (Å²) in [7, 11) is 0. The minimum Gasteiger partial charge on any atom is -0.439 e. The van der Waals surface area contributed by atoms with E-state index in [2.05, 4.69) is 38.2 Å². The van der Waals surface area contributed by atoms with Gasteiger partial charge in [-0.1, -0.05) is 24.1 Å². The molecule has 0 atom stereocenters. The molecule has 0 saturated heterocycles. The molecular weight excluding hydrogens is 364 g/mol. The Balaban J connectivity index is 1.27. The minimum absolute atomic E-state index is 0.471. The van der Waals surface area contributed by atoms with Crippen LogP contribution in [0.2, 0.25) is 0 Å². The molecule has 1 fully saturated rings. The van der Waals surface area contributed by atoms with Crippen LogP contribution >= 0.6 is 0 Å². The zero-order valence-corrected chi connectivity index (χ0v) is 16.8. The molecule has 0 bridgehead atoms. The number of fused-ring (bicyclic) bond motifs is 1. The standard InChI is InChI=1S/C23H26N4O2/c1-16-25-23(29-26-16)19-7-9-22(24-15-19)28-21-8-6-17-10-12-27(13-11-18(17)14-21)20-4-2-3-5-20/h6-9,14-15,20H,2-5,10-13H2,1H3. The second-order valence-electron chi connectivity index (χ2n) is 8.04. The number of aryl methyl sites for hydroxylation is 1. The number of ether oxygens (including phenoxy) is 1. The molecule has 0 N–H and O–H groups in total. The van der Waals surface area contributed by atoms with Crippen molar-refractivity contribution in [3.8, 4) is 23.1 Å². The molecule has 1 aliphatic carbocycles. The highest BCUT2D eigenvalue weighted by Gasteiger charge is 2.24. The molecule has 2 aliphatic rings. The lowest BCUT2D eigenvalue weighted by molar-refractivity contribution is 0.208. The largest absolute Gasteiger partial charge is 0.439 e. The van der Waals surface area contributed by atoms with Gasteiger partial charge in [0.15, 0.2) is 5.82 Å². The highest BCUT2D eigenvalue weighted by Crippen LogP contribution is 2.29. The number of rotatable bonds is 4. The third-order valence-corrected chi connectivity index (χ3v) is 6.09. The van der Waals surface area contributed by atoms with Crippen molar-refractivity contribution in [2.75, 3.05) is 13.1 Å². The highest BCUT2D eigenvalue weighted by atomic mass is 16.5. The van der Waals surface area contributed by atoms with Gasteiger partial charge in [-0.25, -0.2) is 4.98 Å². The molecule has 0 unspecified atom stereocenters. The maximum absolute atomic E-state index is 6.02. The lowest BCUT2D eigenvalue weighted by Gasteiger charge is -2.26. The predicted octanol–water partition coefficient (Wildman–Crippen LogP) is 4.58. The van der Waals surface area contributed by atoms with Gasteiger partial charge in [-0.05, 0) is 61.9 Å². The fraction of sp³-hybridized carbons (Fsp3) is 0.435. The van der Waals surface area contributed by atoms with Gasteiger partial charge in [0.2, 0.25) is 5.88 Å². The topological polar surface area (TPSA) is 64.3 Å². The molecule has 1 aliphatic heterocycles. The van der Waals surface area contributed by atoms with E-state index in [-0.39, 0.29) is 0 Å². The van der Waals surface area contributed by atoms with Crippen molar-refractivity contribution in [2.45, 2.75) is 51.5 Å². The summed E-state index contributed by atoms with van der Waals surface area (Å²) in [4.78, 5) is 11.3. The molecule has 29 heavy (non-hydrogen) atoms. The van der Waals surface area contributed by atoms with Crippen LogP contribution in [-0.2, 0) is 12.8 Å². The van der Waals surface area contributed by atoms with Gasteiger partial charge >= 0.3 is 0 Å². The van der Waals surface area contributed by atoms with Crippen LogP contribution in [0.1, 0.15) is 42.6 Å². The average molecular weight is 390 g/mol. The molecule has 2 aromatic heterocycles. The first-order valence-corrected chi connectivity index (χ1v) is 10.5. The van der Waals surface area contributed by atoms with Crippen molar-refractivity contribution in [1.29, 1.82) is 0 Å². The van der Waals surface area contributed by atoms with Crippen LogP contribution in [0.25, 0.3) is 11.5 Å². The van der Waals surface area contributed by atoms with Gasteiger partial charge in [-0.3, -0.25) is 4.90 Å². The summed E-state index contributed by atoms with van der Waals surface area (Å²) in [5.74, 6) is 2.48. The summed E-state index contributed by atoms with van der Waals surface area (Å²) in [6, 6.07) is 11.0. The number of hydrogen-bond donors (Lipinski definition) is 0. The van der Waals surface area contributed by atoms with Crippen molar-refractivity contribution in [2.24, 2.45) is 0 Å². The highest BCUT2D eigenvalue weighted by molar-refractivity contribution is 5.51. The van der Waals surface area contributed by atoms with E-state index >= 15 is 0 Å². The van der Waals surface area contributed by atoms with Crippen molar-refractivity contribution < 1.29 is 9.26 Å². The van der Waals surface area contributed by atoms with Crippen molar-refractivity contribution in [3.63, 3.8) is 0 Å². The fourth-order valence-corrected chi connectivity index (χ4v) is 4.52. The molecule has 0 amide bonds. The number of pyridine rings is 1. The molecule has 6 nitrogen and oxygen atoms in total. The lowest BCUT2D eigenvalue weighted by Crippen LogP contribution is -2.35. The molecule has 3 heterocycles. The number of nitrogens with zero attached hydrogens (tertiary/aromatic N) is 4. The fourth-order valence-electron chi connectivity index (χ4n) is 4.52. The third-order valence-electron chi connectivity index (χ3n) is 6.09. The number of benzene rings is 1. The summed E-state index contributed by atoms with van der Waals surface area (Å²) in [6.07, 6.45) is 9.44. The van der Waals surface area contributed by atoms with E-state index in [1.165, 1.54) is 43.4 Å². The summed E-state index contributed by atoms with van der Waals surface area (Å²) in [5, 5.41) is 3.81. The van der Waals surface area contributed by atoms with Gasteiger partial charge in [-0.2, -0.15) is 4.98 Å². The molecular formula is C23H26N4O2. The van der Waals surface area contributed by atoms with Crippen LogP contribution in [0.5, 0.6) is 11.6 Å². The van der Waals surface area contributed by atoms with E-state index in [4.69, 9.17) is 9.26 Å². The number of hydrogen-bond acceptors (Lipinski definition) is 6. The van der Waals surface area contributed by atoms with E-state index in [9.17, 15) is 0 Å². The van der Waals surface area contributed by atoms with Crippen LogP contribution < -0.4 is 4.74 Å². The molecule has 5 rings (SSSR count). The Kier molecular flexibility index (Phi) is 5.02. The van der Waals surface area contributed by atoms with Gasteiger partial charge in [0.05, 0.1) is 5.56 Å². The molecule has 1 aromatic carbocycles. The Hall–Kier alpha value is -2.73. The summed E-state index contributed by atoms with van der Waals surface area (Å²) >= 11 is 0. The summed E-state index contributed by atoms with van der Waals surface area (Å²) < 4.78 is 11.2. The number of aromatic nitrogens is 3. The molecule has 0 radical (unpaired) electrons. The van der Waals surface area contributed by atoms with Gasteiger partial charge in [0.25, 0.3) is 5.89 Å². The Morgan fingerprint density at radius 3 is 2.59 bits per heavy atom. The first-order chi connectivity index (χ1) is 14.2. The second kappa shape index (κ2) is 7.95.